The Hall–Kier alpha value is -2.29. The molecule has 29 heavy (non-hydrogen) atoms. The largest absolute Gasteiger partial charge is 0.492 e. The maximum absolute atomic E-state index is 12.6. The van der Waals surface area contributed by atoms with Gasteiger partial charge in [-0.05, 0) is 35.7 Å². The number of likely N-dealkylation sites (N-methyl/N-ethyl adjacent to an activating group) is 1. The van der Waals surface area contributed by atoms with E-state index in [1.165, 1.54) is 23.1 Å². The summed E-state index contributed by atoms with van der Waals surface area (Å²) >= 11 is 8.46. The summed E-state index contributed by atoms with van der Waals surface area (Å²) in [5, 5.41) is 3.00. The number of aromatic nitrogens is 2. The van der Waals surface area contributed by atoms with Crippen molar-refractivity contribution < 1.29 is 9.53 Å². The van der Waals surface area contributed by atoms with E-state index in [4.69, 9.17) is 16.3 Å². The predicted octanol–water partition coefficient (Wildman–Crippen LogP) is 3.93. The molecule has 0 N–H and O–H groups in total. The number of halogens is 1. The molecule has 0 saturated carbocycles. The molecule has 0 fully saturated rings. The summed E-state index contributed by atoms with van der Waals surface area (Å²) in [4.78, 5) is 31.2. The Morgan fingerprint density at radius 3 is 2.86 bits per heavy atom. The number of allylic oxidation sites excluding steroid dienone is 1. The Balaban J connectivity index is 1.58. The van der Waals surface area contributed by atoms with E-state index in [-0.39, 0.29) is 17.2 Å². The van der Waals surface area contributed by atoms with Crippen molar-refractivity contribution in [3.63, 3.8) is 0 Å². The van der Waals surface area contributed by atoms with Crippen LogP contribution in [-0.2, 0) is 11.3 Å². The van der Waals surface area contributed by atoms with Gasteiger partial charge in [-0.25, -0.2) is 4.98 Å². The summed E-state index contributed by atoms with van der Waals surface area (Å²) < 4.78 is 7.78. The number of rotatable bonds is 9. The van der Waals surface area contributed by atoms with Gasteiger partial charge in [-0.15, -0.1) is 17.9 Å². The van der Waals surface area contributed by atoms with Crippen LogP contribution in [0.4, 0.5) is 0 Å². The van der Waals surface area contributed by atoms with Crippen molar-refractivity contribution in [1.29, 1.82) is 0 Å². The highest BCUT2D eigenvalue weighted by atomic mass is 35.5. The molecule has 0 aliphatic heterocycles. The van der Waals surface area contributed by atoms with Crippen LogP contribution < -0.4 is 10.3 Å². The first-order chi connectivity index (χ1) is 14.0. The number of fused-ring (bicyclic) bond motifs is 1. The zero-order chi connectivity index (χ0) is 20.8. The fraction of sp³-hybridized carbons (Fsp3) is 0.250. The highest BCUT2D eigenvalue weighted by Crippen LogP contribution is 2.21. The highest BCUT2D eigenvalue weighted by molar-refractivity contribution is 7.99. The molecule has 0 aliphatic carbocycles. The van der Waals surface area contributed by atoms with Crippen molar-refractivity contribution in [3.8, 4) is 5.75 Å². The molecule has 0 radical (unpaired) electrons. The average molecular weight is 450 g/mol. The second-order valence-corrected chi connectivity index (χ2v) is 8.44. The standard InChI is InChI=1S/C20H20ClN3O3S2/c1-3-9-24-19(26)18-16(8-12-28-18)22-20(24)29-13-17(25)23(2)10-11-27-15-6-4-14(21)5-7-15/h3-8,12H,1,9-11,13H2,2H3. The van der Waals surface area contributed by atoms with E-state index in [2.05, 4.69) is 11.6 Å². The minimum Gasteiger partial charge on any atom is -0.492 e. The molecule has 0 aliphatic rings. The van der Waals surface area contributed by atoms with Crippen LogP contribution in [0.25, 0.3) is 10.2 Å². The predicted molar refractivity (Wildman–Crippen MR) is 119 cm³/mol. The number of thiophene rings is 1. The molecule has 0 unspecified atom stereocenters. The van der Waals surface area contributed by atoms with Crippen molar-refractivity contribution in [2.75, 3.05) is 26.0 Å². The molecule has 3 aromatic rings. The second kappa shape index (κ2) is 9.96. The number of carbonyl (C=O) groups excluding carboxylic acids is 1. The zero-order valence-corrected chi connectivity index (χ0v) is 18.2. The summed E-state index contributed by atoms with van der Waals surface area (Å²) in [6.07, 6.45) is 1.65. The van der Waals surface area contributed by atoms with Gasteiger partial charge in [-0.1, -0.05) is 29.4 Å². The normalized spacial score (nSPS) is 10.8. The first-order valence-electron chi connectivity index (χ1n) is 8.83. The summed E-state index contributed by atoms with van der Waals surface area (Å²) in [5.41, 5.74) is 0.546. The summed E-state index contributed by atoms with van der Waals surface area (Å²) in [5.74, 6) is 0.808. The van der Waals surface area contributed by atoms with Crippen molar-refractivity contribution in [2.45, 2.75) is 11.7 Å². The number of carbonyl (C=O) groups is 1. The number of thioether (sulfide) groups is 1. The highest BCUT2D eigenvalue weighted by Gasteiger charge is 2.15. The molecule has 152 valence electrons. The lowest BCUT2D eigenvalue weighted by atomic mass is 10.3. The van der Waals surface area contributed by atoms with E-state index in [0.717, 1.165) is 0 Å². The van der Waals surface area contributed by atoms with Gasteiger partial charge in [-0.2, -0.15) is 0 Å². The SMILES string of the molecule is C=CCn1c(SCC(=O)N(C)CCOc2ccc(Cl)cc2)nc2ccsc2c1=O. The molecule has 0 spiro atoms. The Morgan fingerprint density at radius 1 is 1.38 bits per heavy atom. The minimum atomic E-state index is -0.107. The summed E-state index contributed by atoms with van der Waals surface area (Å²) in [7, 11) is 1.72. The summed E-state index contributed by atoms with van der Waals surface area (Å²) in [6, 6.07) is 8.88. The lowest BCUT2D eigenvalue weighted by Gasteiger charge is -2.18. The van der Waals surface area contributed by atoms with Gasteiger partial charge in [0.15, 0.2) is 5.16 Å². The van der Waals surface area contributed by atoms with Gasteiger partial charge in [0.1, 0.15) is 17.1 Å². The number of ether oxygens (including phenoxy) is 1. The van der Waals surface area contributed by atoms with E-state index < -0.39 is 0 Å². The van der Waals surface area contributed by atoms with E-state index in [1.54, 1.807) is 46.9 Å². The Kier molecular flexibility index (Phi) is 7.35. The number of nitrogens with zero attached hydrogens (tertiary/aromatic N) is 3. The first kappa shape index (κ1) is 21.4. The smallest absolute Gasteiger partial charge is 0.272 e. The Bertz CT molecular complexity index is 1060. The van der Waals surface area contributed by atoms with Crippen LogP contribution in [0.2, 0.25) is 5.02 Å². The van der Waals surface area contributed by atoms with Crippen molar-refractivity contribution in [1.82, 2.24) is 14.5 Å². The fourth-order valence-electron chi connectivity index (χ4n) is 2.52. The molecule has 2 aromatic heterocycles. The van der Waals surface area contributed by atoms with Gasteiger partial charge >= 0.3 is 0 Å². The van der Waals surface area contributed by atoms with Crippen LogP contribution >= 0.6 is 34.7 Å². The Morgan fingerprint density at radius 2 is 2.14 bits per heavy atom. The van der Waals surface area contributed by atoms with E-state index in [9.17, 15) is 9.59 Å². The maximum atomic E-state index is 12.6. The molecule has 1 amide bonds. The number of hydrogen-bond donors (Lipinski definition) is 0. The monoisotopic (exact) mass is 449 g/mol. The molecule has 1 aromatic carbocycles. The maximum Gasteiger partial charge on any atom is 0.272 e. The van der Waals surface area contributed by atoms with E-state index >= 15 is 0 Å². The van der Waals surface area contributed by atoms with Crippen LogP contribution in [-0.4, -0.2) is 46.3 Å². The molecule has 0 saturated heterocycles. The third-order valence-corrected chi connectivity index (χ3v) is 6.21. The molecular weight excluding hydrogens is 430 g/mol. The van der Waals surface area contributed by atoms with Gasteiger partial charge in [0.25, 0.3) is 5.56 Å². The Labute approximate surface area is 181 Å². The second-order valence-electron chi connectivity index (χ2n) is 6.14. The minimum absolute atomic E-state index is 0.0699. The van der Waals surface area contributed by atoms with Gasteiger partial charge in [-0.3, -0.25) is 14.2 Å². The molecule has 6 nitrogen and oxygen atoms in total. The zero-order valence-electron chi connectivity index (χ0n) is 15.8. The van der Waals surface area contributed by atoms with Crippen LogP contribution in [0, 0.1) is 0 Å². The van der Waals surface area contributed by atoms with E-state index in [1.807, 2.05) is 11.4 Å². The fourth-order valence-corrected chi connectivity index (χ4v) is 4.37. The number of amides is 1. The average Bonchev–Trinajstić information content (AvgIpc) is 3.19. The van der Waals surface area contributed by atoms with Crippen molar-refractivity contribution in [3.05, 3.63) is 63.7 Å². The molecule has 9 heteroatoms. The topological polar surface area (TPSA) is 64.4 Å². The quantitative estimate of drug-likeness (QED) is 0.281. The summed E-state index contributed by atoms with van der Waals surface area (Å²) in [6.45, 7) is 4.86. The van der Waals surface area contributed by atoms with Crippen molar-refractivity contribution in [2.24, 2.45) is 0 Å². The van der Waals surface area contributed by atoms with Gasteiger partial charge in [0.05, 0.1) is 17.8 Å². The third-order valence-electron chi connectivity index (χ3n) is 4.10. The van der Waals surface area contributed by atoms with Crippen LogP contribution in [0.3, 0.4) is 0 Å². The van der Waals surface area contributed by atoms with Crippen LogP contribution in [0.1, 0.15) is 0 Å². The number of benzene rings is 1. The van der Waals surface area contributed by atoms with E-state index in [0.29, 0.717) is 45.8 Å². The third kappa shape index (κ3) is 5.41. The lowest BCUT2D eigenvalue weighted by Crippen LogP contribution is -2.32. The molecule has 0 atom stereocenters. The van der Waals surface area contributed by atoms with Crippen LogP contribution in [0.15, 0.2) is 58.3 Å². The molecular formula is C20H20ClN3O3S2. The molecule has 2 heterocycles. The molecule has 0 bridgehead atoms. The first-order valence-corrected chi connectivity index (χ1v) is 11.1. The molecule has 3 rings (SSSR count). The van der Waals surface area contributed by atoms with Crippen LogP contribution in [0.5, 0.6) is 5.75 Å². The lowest BCUT2D eigenvalue weighted by molar-refractivity contribution is -0.127. The van der Waals surface area contributed by atoms with Crippen molar-refractivity contribution >= 4 is 50.8 Å². The van der Waals surface area contributed by atoms with Gasteiger partial charge < -0.3 is 9.64 Å². The van der Waals surface area contributed by atoms with Gasteiger partial charge in [0.2, 0.25) is 5.91 Å². The van der Waals surface area contributed by atoms with Gasteiger partial charge in [0, 0.05) is 18.6 Å². The number of hydrogen-bond acceptors (Lipinski definition) is 6.